The minimum absolute atomic E-state index is 0.109. The van der Waals surface area contributed by atoms with Gasteiger partial charge in [-0.2, -0.15) is 0 Å². The summed E-state index contributed by atoms with van der Waals surface area (Å²) in [6.07, 6.45) is 0. The van der Waals surface area contributed by atoms with Crippen LogP contribution in [0.4, 0.5) is 17.1 Å². The van der Waals surface area contributed by atoms with Crippen LogP contribution in [0.2, 0.25) is 0 Å². The lowest BCUT2D eigenvalue weighted by molar-refractivity contribution is 0.103. The van der Waals surface area contributed by atoms with Gasteiger partial charge in [-0.15, -0.1) is 0 Å². The Morgan fingerprint density at radius 2 is 0.857 bits per heavy atom. The number of hydrogen-bond donors (Lipinski definition) is 0. The smallest absolute Gasteiger partial charge is 0.193 e. The highest BCUT2D eigenvalue weighted by molar-refractivity contribution is 6.14. The van der Waals surface area contributed by atoms with Gasteiger partial charge in [0, 0.05) is 44.4 Å². The standard InChI is InChI=1S/C40H37NO/c1-38(2)31-22-21-28(41(26-15-9-7-10-16-26)27-17-11-8-12-18-27)23-29(31)37(42)30-24-35-36(25-34(30)38)40(5,6)33-20-14-13-19-32(33)39(35,3)4/h7-25H,1-6H3. The van der Waals surface area contributed by atoms with Gasteiger partial charge in [-0.3, -0.25) is 4.79 Å². The second kappa shape index (κ2) is 9.03. The van der Waals surface area contributed by atoms with E-state index in [4.69, 9.17) is 0 Å². The van der Waals surface area contributed by atoms with Crippen LogP contribution in [0.15, 0.2) is 115 Å². The molecule has 0 amide bonds. The molecule has 0 bridgehead atoms. The maximum Gasteiger partial charge on any atom is 0.193 e. The molecule has 5 aromatic rings. The van der Waals surface area contributed by atoms with E-state index in [1.165, 1.54) is 22.3 Å². The first kappa shape index (κ1) is 26.5. The molecule has 0 atom stereocenters. The molecule has 0 radical (unpaired) electrons. The molecule has 2 aliphatic carbocycles. The number of fused-ring (bicyclic) bond motifs is 4. The lowest BCUT2D eigenvalue weighted by atomic mass is 9.57. The Kier molecular flexibility index (Phi) is 5.69. The number of rotatable bonds is 3. The third-order valence-corrected chi connectivity index (χ3v) is 9.90. The molecule has 0 heterocycles. The van der Waals surface area contributed by atoms with Gasteiger partial charge in [-0.1, -0.05) is 114 Å². The Balaban J connectivity index is 1.42. The Morgan fingerprint density at radius 3 is 1.40 bits per heavy atom. The average Bonchev–Trinajstić information content (AvgIpc) is 3.00. The van der Waals surface area contributed by atoms with Crippen LogP contribution in [-0.4, -0.2) is 5.78 Å². The molecular formula is C40H37NO. The molecule has 0 aromatic heterocycles. The van der Waals surface area contributed by atoms with Crippen molar-refractivity contribution in [3.8, 4) is 0 Å². The molecule has 7 rings (SSSR count). The van der Waals surface area contributed by atoms with Gasteiger partial charge in [0.05, 0.1) is 0 Å². The molecule has 0 unspecified atom stereocenters. The van der Waals surface area contributed by atoms with Gasteiger partial charge in [-0.05, 0) is 75.8 Å². The van der Waals surface area contributed by atoms with Gasteiger partial charge in [0.1, 0.15) is 0 Å². The summed E-state index contributed by atoms with van der Waals surface area (Å²) >= 11 is 0. The first-order chi connectivity index (χ1) is 20.0. The van der Waals surface area contributed by atoms with E-state index in [9.17, 15) is 4.79 Å². The van der Waals surface area contributed by atoms with Crippen molar-refractivity contribution in [3.63, 3.8) is 0 Å². The molecule has 2 aliphatic rings. The van der Waals surface area contributed by atoms with Crippen LogP contribution < -0.4 is 4.90 Å². The predicted molar refractivity (Wildman–Crippen MR) is 174 cm³/mol. The number of ketones is 1. The van der Waals surface area contributed by atoms with Crippen molar-refractivity contribution in [3.05, 3.63) is 160 Å². The Labute approximate surface area is 249 Å². The van der Waals surface area contributed by atoms with Crippen LogP contribution in [0.5, 0.6) is 0 Å². The van der Waals surface area contributed by atoms with Crippen molar-refractivity contribution in [2.24, 2.45) is 0 Å². The SMILES string of the molecule is CC1(C)c2ccc(N(c3ccccc3)c3ccccc3)cc2C(=O)c2cc3c(cc21)C(C)(C)c1ccccc1C3(C)C. The number of hydrogen-bond acceptors (Lipinski definition) is 2. The van der Waals surface area contributed by atoms with E-state index in [0.29, 0.717) is 0 Å². The summed E-state index contributed by atoms with van der Waals surface area (Å²) < 4.78 is 0. The van der Waals surface area contributed by atoms with Gasteiger partial charge >= 0.3 is 0 Å². The summed E-state index contributed by atoms with van der Waals surface area (Å²) in [6.45, 7) is 13.8. The molecule has 0 saturated carbocycles. The topological polar surface area (TPSA) is 20.3 Å². The highest BCUT2D eigenvalue weighted by Crippen LogP contribution is 2.53. The normalized spacial score (nSPS) is 17.0. The minimum atomic E-state index is -0.326. The number of benzene rings is 5. The van der Waals surface area contributed by atoms with Crippen molar-refractivity contribution >= 4 is 22.8 Å². The number of para-hydroxylation sites is 2. The fourth-order valence-electron chi connectivity index (χ4n) is 7.50. The molecule has 0 aliphatic heterocycles. The largest absolute Gasteiger partial charge is 0.310 e. The van der Waals surface area contributed by atoms with Crippen LogP contribution in [0.1, 0.15) is 90.8 Å². The Morgan fingerprint density at radius 1 is 0.405 bits per heavy atom. The third kappa shape index (κ3) is 3.67. The summed E-state index contributed by atoms with van der Waals surface area (Å²) in [5.74, 6) is 0.109. The van der Waals surface area contributed by atoms with E-state index >= 15 is 0 Å². The van der Waals surface area contributed by atoms with Gasteiger partial charge in [0.15, 0.2) is 5.78 Å². The van der Waals surface area contributed by atoms with Crippen LogP contribution in [0.25, 0.3) is 0 Å². The average molecular weight is 548 g/mol. The summed E-state index contributed by atoms with van der Waals surface area (Å²) in [4.78, 5) is 16.8. The summed E-state index contributed by atoms with van der Waals surface area (Å²) in [7, 11) is 0. The maximum atomic E-state index is 14.5. The molecule has 2 nitrogen and oxygen atoms in total. The number of carbonyl (C=O) groups is 1. The zero-order valence-corrected chi connectivity index (χ0v) is 25.3. The predicted octanol–water partition coefficient (Wildman–Crippen LogP) is 9.99. The van der Waals surface area contributed by atoms with Crippen LogP contribution >= 0.6 is 0 Å². The monoisotopic (exact) mass is 547 g/mol. The Bertz CT molecular complexity index is 1820. The summed E-state index contributed by atoms with van der Waals surface area (Å²) in [5, 5.41) is 0. The van der Waals surface area contributed by atoms with E-state index in [0.717, 1.165) is 39.3 Å². The molecule has 0 saturated heterocycles. The van der Waals surface area contributed by atoms with E-state index in [1.807, 2.05) is 12.1 Å². The van der Waals surface area contributed by atoms with E-state index in [2.05, 4.69) is 150 Å². The van der Waals surface area contributed by atoms with Crippen LogP contribution in [0.3, 0.4) is 0 Å². The van der Waals surface area contributed by atoms with E-state index in [1.54, 1.807) is 0 Å². The Hall–Kier alpha value is -4.43. The highest BCUT2D eigenvalue weighted by atomic mass is 16.1. The molecule has 208 valence electrons. The van der Waals surface area contributed by atoms with Crippen molar-refractivity contribution in [1.82, 2.24) is 0 Å². The quantitative estimate of drug-likeness (QED) is 0.224. The van der Waals surface area contributed by atoms with E-state index in [-0.39, 0.29) is 22.0 Å². The van der Waals surface area contributed by atoms with Crippen molar-refractivity contribution in [1.29, 1.82) is 0 Å². The molecule has 42 heavy (non-hydrogen) atoms. The number of carbonyl (C=O) groups excluding carboxylic acids is 1. The first-order valence-corrected chi connectivity index (χ1v) is 14.9. The second-order valence-electron chi connectivity index (χ2n) is 13.4. The molecular weight excluding hydrogens is 510 g/mol. The maximum absolute atomic E-state index is 14.5. The molecule has 2 heteroatoms. The first-order valence-electron chi connectivity index (χ1n) is 14.9. The van der Waals surface area contributed by atoms with Gasteiger partial charge in [0.25, 0.3) is 0 Å². The van der Waals surface area contributed by atoms with Crippen LogP contribution in [-0.2, 0) is 16.2 Å². The van der Waals surface area contributed by atoms with Gasteiger partial charge in [0.2, 0.25) is 0 Å². The lowest BCUT2D eigenvalue weighted by Crippen LogP contribution is -2.39. The minimum Gasteiger partial charge on any atom is -0.310 e. The van der Waals surface area contributed by atoms with Crippen molar-refractivity contribution in [2.45, 2.75) is 57.8 Å². The molecule has 0 N–H and O–H groups in total. The zero-order valence-electron chi connectivity index (χ0n) is 25.3. The highest BCUT2D eigenvalue weighted by Gasteiger charge is 2.45. The number of nitrogens with zero attached hydrogens (tertiary/aromatic N) is 1. The van der Waals surface area contributed by atoms with E-state index < -0.39 is 0 Å². The van der Waals surface area contributed by atoms with Gasteiger partial charge < -0.3 is 4.90 Å². The fourth-order valence-corrected chi connectivity index (χ4v) is 7.50. The second-order valence-corrected chi connectivity index (χ2v) is 13.4. The molecule has 5 aromatic carbocycles. The van der Waals surface area contributed by atoms with Crippen molar-refractivity contribution in [2.75, 3.05) is 4.90 Å². The number of anilines is 3. The third-order valence-electron chi connectivity index (χ3n) is 9.90. The van der Waals surface area contributed by atoms with Crippen molar-refractivity contribution < 1.29 is 4.79 Å². The van der Waals surface area contributed by atoms with Crippen LogP contribution in [0, 0.1) is 0 Å². The fraction of sp³-hybridized carbons (Fsp3) is 0.225. The zero-order chi connectivity index (χ0) is 29.4. The lowest BCUT2D eigenvalue weighted by Gasteiger charge is -2.46. The molecule has 0 spiro atoms. The molecule has 0 fully saturated rings. The van der Waals surface area contributed by atoms with Gasteiger partial charge in [-0.25, -0.2) is 0 Å². The summed E-state index contributed by atoms with van der Waals surface area (Å²) in [6, 6.07) is 40.6. The summed E-state index contributed by atoms with van der Waals surface area (Å²) in [5.41, 5.74) is 11.5.